The predicted molar refractivity (Wildman–Crippen MR) is 88.1 cm³/mol. The molecule has 0 aliphatic carbocycles. The molecule has 2 rings (SSSR count). The van der Waals surface area contributed by atoms with Gasteiger partial charge < -0.3 is 20.3 Å². The second kappa shape index (κ2) is 7.25. The zero-order valence-electron chi connectivity index (χ0n) is 13.2. The maximum atomic E-state index is 12.3. The molecule has 1 saturated heterocycles. The highest BCUT2D eigenvalue weighted by atomic mass is 32.1. The molecule has 1 aliphatic heterocycles. The molecule has 0 bridgehead atoms. The zero-order chi connectivity index (χ0) is 17.9. The number of thiocarbonyl (C=S) groups is 1. The predicted octanol–water partition coefficient (Wildman–Crippen LogP) is 2.45. The third-order valence-electron chi connectivity index (χ3n) is 3.66. The van der Waals surface area contributed by atoms with E-state index in [1.54, 1.807) is 11.0 Å². The first-order valence-corrected chi connectivity index (χ1v) is 7.70. The van der Waals surface area contributed by atoms with Gasteiger partial charge in [-0.05, 0) is 43.3 Å². The highest BCUT2D eigenvalue weighted by Gasteiger charge is 2.40. The van der Waals surface area contributed by atoms with Crippen LogP contribution in [0.5, 0.6) is 5.75 Å². The molecule has 24 heavy (non-hydrogen) atoms. The molecule has 1 aromatic rings. The largest absolute Gasteiger partial charge is 0.495 e. The Labute approximate surface area is 143 Å². The molecule has 0 radical (unpaired) electrons. The van der Waals surface area contributed by atoms with Crippen molar-refractivity contribution in [2.75, 3.05) is 25.5 Å². The van der Waals surface area contributed by atoms with E-state index < -0.39 is 18.1 Å². The maximum absolute atomic E-state index is 12.3. The number of likely N-dealkylation sites (tertiary alicyclic amines) is 1. The lowest BCUT2D eigenvalue weighted by Crippen LogP contribution is -2.45. The van der Waals surface area contributed by atoms with Gasteiger partial charge in [-0.2, -0.15) is 13.2 Å². The average Bonchev–Trinajstić information content (AvgIpc) is 2.95. The number of nitrogens with one attached hydrogen (secondary N) is 2. The Morgan fingerprint density at radius 2 is 2.12 bits per heavy atom. The van der Waals surface area contributed by atoms with Gasteiger partial charge in [0.05, 0.1) is 12.8 Å². The van der Waals surface area contributed by atoms with E-state index in [9.17, 15) is 18.0 Å². The van der Waals surface area contributed by atoms with Crippen LogP contribution in [-0.2, 0) is 4.79 Å². The van der Waals surface area contributed by atoms with Crippen molar-refractivity contribution in [3.63, 3.8) is 0 Å². The summed E-state index contributed by atoms with van der Waals surface area (Å²) in [5.74, 6) is -1.31. The number of benzene rings is 1. The monoisotopic (exact) mass is 361 g/mol. The van der Waals surface area contributed by atoms with Crippen molar-refractivity contribution in [1.29, 1.82) is 0 Å². The van der Waals surface area contributed by atoms with E-state index in [-0.39, 0.29) is 6.54 Å². The molecule has 1 heterocycles. The summed E-state index contributed by atoms with van der Waals surface area (Å²) in [6.07, 6.45) is -4.48. The number of hydrogen-bond acceptors (Lipinski definition) is 3. The van der Waals surface area contributed by atoms with Crippen LogP contribution in [0.4, 0.5) is 18.9 Å². The Morgan fingerprint density at radius 3 is 2.75 bits per heavy atom. The number of amides is 1. The van der Waals surface area contributed by atoms with E-state index in [0.29, 0.717) is 29.5 Å². The van der Waals surface area contributed by atoms with Crippen LogP contribution in [0.15, 0.2) is 18.2 Å². The number of carbonyl (C=O) groups is 1. The number of alkyl halides is 3. The fourth-order valence-electron chi connectivity index (χ4n) is 2.44. The van der Waals surface area contributed by atoms with Gasteiger partial charge in [0.25, 0.3) is 0 Å². The summed E-state index contributed by atoms with van der Waals surface area (Å²) in [6, 6.07) is 4.98. The summed E-state index contributed by atoms with van der Waals surface area (Å²) in [6.45, 7) is 2.61. The molecule has 1 atom stereocenters. The van der Waals surface area contributed by atoms with Crippen LogP contribution < -0.4 is 15.4 Å². The van der Waals surface area contributed by atoms with E-state index in [2.05, 4.69) is 5.32 Å². The molecule has 1 fully saturated rings. The second-order valence-electron chi connectivity index (χ2n) is 5.54. The zero-order valence-corrected chi connectivity index (χ0v) is 14.1. The first-order valence-electron chi connectivity index (χ1n) is 7.29. The van der Waals surface area contributed by atoms with Crippen LogP contribution in [0.3, 0.4) is 0 Å². The van der Waals surface area contributed by atoms with Crippen LogP contribution in [0.2, 0.25) is 0 Å². The molecule has 0 saturated carbocycles. The van der Waals surface area contributed by atoms with Gasteiger partial charge in [-0.25, -0.2) is 0 Å². The normalized spacial score (nSPS) is 17.5. The lowest BCUT2D eigenvalue weighted by atomic mass is 10.2. The van der Waals surface area contributed by atoms with Crippen molar-refractivity contribution in [2.45, 2.75) is 25.6 Å². The van der Waals surface area contributed by atoms with Crippen LogP contribution in [0, 0.1) is 6.92 Å². The lowest BCUT2D eigenvalue weighted by molar-refractivity contribution is -0.174. The SMILES string of the molecule is COc1ccc(C)cc1NC(=S)N1CCC(NC(=O)C(F)(F)F)C1. The maximum Gasteiger partial charge on any atom is 0.471 e. The minimum Gasteiger partial charge on any atom is -0.495 e. The highest BCUT2D eigenvalue weighted by molar-refractivity contribution is 7.80. The number of hydrogen-bond donors (Lipinski definition) is 2. The van der Waals surface area contributed by atoms with E-state index >= 15 is 0 Å². The molecule has 1 aliphatic rings. The third kappa shape index (κ3) is 4.50. The van der Waals surface area contributed by atoms with Crippen molar-refractivity contribution < 1.29 is 22.7 Å². The van der Waals surface area contributed by atoms with Gasteiger partial charge in [0, 0.05) is 19.1 Å². The van der Waals surface area contributed by atoms with Crippen LogP contribution in [0.25, 0.3) is 0 Å². The van der Waals surface area contributed by atoms with Crippen molar-refractivity contribution in [1.82, 2.24) is 10.2 Å². The summed E-state index contributed by atoms with van der Waals surface area (Å²) >= 11 is 5.31. The van der Waals surface area contributed by atoms with Gasteiger partial charge in [0.2, 0.25) is 0 Å². The number of aryl methyl sites for hydroxylation is 1. The first kappa shape index (κ1) is 18.3. The molecule has 9 heteroatoms. The van der Waals surface area contributed by atoms with Crippen LogP contribution in [-0.4, -0.2) is 48.3 Å². The summed E-state index contributed by atoms with van der Waals surface area (Å²) in [5, 5.41) is 5.40. The van der Waals surface area contributed by atoms with Gasteiger partial charge in [-0.15, -0.1) is 0 Å². The number of halogens is 3. The standard InChI is InChI=1S/C15H18F3N3O2S/c1-9-3-4-12(23-2)11(7-9)20-14(24)21-6-5-10(8-21)19-13(22)15(16,17)18/h3-4,7,10H,5-6,8H2,1-2H3,(H,19,22)(H,20,24). The molecule has 132 valence electrons. The Hall–Kier alpha value is -2.03. The summed E-state index contributed by atoms with van der Waals surface area (Å²) in [4.78, 5) is 12.7. The molecule has 5 nitrogen and oxygen atoms in total. The van der Waals surface area contributed by atoms with Crippen LogP contribution >= 0.6 is 12.2 Å². The number of carbonyl (C=O) groups excluding carboxylic acids is 1. The molecule has 1 aromatic carbocycles. The molecule has 1 unspecified atom stereocenters. The van der Waals surface area contributed by atoms with E-state index in [0.717, 1.165) is 5.56 Å². The van der Waals surface area contributed by atoms with Crippen LogP contribution in [0.1, 0.15) is 12.0 Å². The van der Waals surface area contributed by atoms with Crippen molar-refractivity contribution in [3.8, 4) is 5.75 Å². The van der Waals surface area contributed by atoms with E-state index in [1.165, 1.54) is 7.11 Å². The fraction of sp³-hybridized carbons (Fsp3) is 0.467. The lowest BCUT2D eigenvalue weighted by Gasteiger charge is -2.22. The molecule has 0 aromatic heterocycles. The van der Waals surface area contributed by atoms with Crippen molar-refractivity contribution in [3.05, 3.63) is 23.8 Å². The van der Waals surface area contributed by atoms with Gasteiger partial charge in [-0.1, -0.05) is 6.07 Å². The first-order chi connectivity index (χ1) is 11.2. The topological polar surface area (TPSA) is 53.6 Å². The number of anilines is 1. The fourth-order valence-corrected chi connectivity index (χ4v) is 2.72. The molecular formula is C15H18F3N3O2S. The molecule has 1 amide bonds. The average molecular weight is 361 g/mol. The van der Waals surface area contributed by atoms with Gasteiger partial charge in [0.1, 0.15) is 5.75 Å². The smallest absolute Gasteiger partial charge is 0.471 e. The third-order valence-corrected chi connectivity index (χ3v) is 4.02. The molecular weight excluding hydrogens is 343 g/mol. The van der Waals surface area contributed by atoms with Gasteiger partial charge in [-0.3, -0.25) is 4.79 Å². The van der Waals surface area contributed by atoms with Crippen molar-refractivity contribution >= 4 is 28.9 Å². The quantitative estimate of drug-likeness (QED) is 0.810. The molecule has 0 spiro atoms. The number of methoxy groups -OCH3 is 1. The van der Waals surface area contributed by atoms with Crippen molar-refractivity contribution in [2.24, 2.45) is 0 Å². The number of ether oxygens (including phenoxy) is 1. The Kier molecular flexibility index (Phi) is 5.53. The second-order valence-corrected chi connectivity index (χ2v) is 5.92. The van der Waals surface area contributed by atoms with E-state index in [4.69, 9.17) is 17.0 Å². The van der Waals surface area contributed by atoms with E-state index in [1.807, 2.05) is 24.4 Å². The Bertz CT molecular complexity index is 637. The minimum atomic E-state index is -4.87. The summed E-state index contributed by atoms with van der Waals surface area (Å²) in [5.41, 5.74) is 1.70. The Morgan fingerprint density at radius 1 is 1.42 bits per heavy atom. The number of rotatable bonds is 3. The van der Waals surface area contributed by atoms with Gasteiger partial charge in [0.15, 0.2) is 5.11 Å². The minimum absolute atomic E-state index is 0.224. The van der Waals surface area contributed by atoms with Gasteiger partial charge >= 0.3 is 12.1 Å². The Balaban J connectivity index is 1.95. The highest BCUT2D eigenvalue weighted by Crippen LogP contribution is 2.26. The number of nitrogens with zero attached hydrogens (tertiary/aromatic N) is 1. The summed E-state index contributed by atoms with van der Waals surface area (Å²) < 4.78 is 42.1. The summed E-state index contributed by atoms with van der Waals surface area (Å²) in [7, 11) is 1.54. The molecule has 2 N–H and O–H groups in total.